The molecule has 0 spiro atoms. The van der Waals surface area contributed by atoms with Crippen LogP contribution in [0.25, 0.3) is 5.78 Å². The van der Waals surface area contributed by atoms with E-state index in [4.69, 9.17) is 5.73 Å². The van der Waals surface area contributed by atoms with Crippen LogP contribution in [0.2, 0.25) is 0 Å². The predicted molar refractivity (Wildman–Crippen MR) is 63.2 cm³/mol. The molecule has 0 aliphatic carbocycles. The number of nitrogens with two attached hydrogens (primary N) is 1. The fourth-order valence-electron chi connectivity index (χ4n) is 2.10. The summed E-state index contributed by atoms with van der Waals surface area (Å²) in [6, 6.07) is 1.65. The standard InChI is InChI=1S/C10H14N6O/c1-6-4-8(17)16-9(12-6)13-10(14-16)15-3-2-7(11)5-15/h4,7H,2-3,5,11H2,1H3,(H,12,13,14)/t7-/m1/s1. The molecule has 3 N–H and O–H groups in total. The molecule has 0 saturated carbocycles. The Bertz CT molecular complexity index is 615. The van der Waals surface area contributed by atoms with Gasteiger partial charge in [-0.2, -0.15) is 9.50 Å². The van der Waals surface area contributed by atoms with Crippen LogP contribution in [-0.2, 0) is 0 Å². The molecule has 7 nitrogen and oxygen atoms in total. The first-order valence-corrected chi connectivity index (χ1v) is 5.60. The van der Waals surface area contributed by atoms with Crippen molar-refractivity contribution in [2.75, 3.05) is 18.0 Å². The summed E-state index contributed by atoms with van der Waals surface area (Å²) in [5.74, 6) is 1.07. The number of fused-ring (bicyclic) bond motifs is 1. The zero-order valence-corrected chi connectivity index (χ0v) is 9.55. The van der Waals surface area contributed by atoms with Crippen LogP contribution in [0.5, 0.6) is 0 Å². The number of nitrogens with one attached hydrogen (secondary N) is 1. The second-order valence-corrected chi connectivity index (χ2v) is 4.41. The van der Waals surface area contributed by atoms with Crippen LogP contribution >= 0.6 is 0 Å². The van der Waals surface area contributed by atoms with Gasteiger partial charge < -0.3 is 10.6 Å². The van der Waals surface area contributed by atoms with E-state index in [0.717, 1.165) is 19.5 Å². The van der Waals surface area contributed by atoms with Gasteiger partial charge in [0, 0.05) is 30.9 Å². The number of nitrogens with zero attached hydrogens (tertiary/aromatic N) is 4. The zero-order valence-electron chi connectivity index (χ0n) is 9.55. The predicted octanol–water partition coefficient (Wildman–Crippen LogP) is -0.737. The van der Waals surface area contributed by atoms with Crippen molar-refractivity contribution in [3.63, 3.8) is 0 Å². The largest absolute Gasteiger partial charge is 0.340 e. The van der Waals surface area contributed by atoms with Crippen LogP contribution in [0.15, 0.2) is 10.9 Å². The van der Waals surface area contributed by atoms with Crippen molar-refractivity contribution < 1.29 is 0 Å². The Kier molecular flexibility index (Phi) is 2.15. The second kappa shape index (κ2) is 3.56. The summed E-state index contributed by atoms with van der Waals surface area (Å²) >= 11 is 0. The van der Waals surface area contributed by atoms with Crippen molar-refractivity contribution in [3.8, 4) is 0 Å². The number of rotatable bonds is 1. The Morgan fingerprint density at radius 3 is 3.06 bits per heavy atom. The Hall–Kier alpha value is -1.89. The number of aromatic amines is 1. The van der Waals surface area contributed by atoms with E-state index in [1.54, 1.807) is 6.92 Å². The summed E-state index contributed by atoms with van der Waals surface area (Å²) in [5.41, 5.74) is 6.37. The molecule has 1 atom stereocenters. The molecule has 0 radical (unpaired) electrons. The molecule has 1 saturated heterocycles. The highest BCUT2D eigenvalue weighted by atomic mass is 16.1. The highest BCUT2D eigenvalue weighted by molar-refractivity contribution is 5.40. The van der Waals surface area contributed by atoms with Gasteiger partial charge in [0.15, 0.2) is 0 Å². The van der Waals surface area contributed by atoms with E-state index in [2.05, 4.69) is 15.1 Å². The summed E-state index contributed by atoms with van der Waals surface area (Å²) in [6.45, 7) is 3.39. The van der Waals surface area contributed by atoms with Crippen molar-refractivity contribution in [3.05, 3.63) is 22.1 Å². The summed E-state index contributed by atoms with van der Waals surface area (Å²) in [6.07, 6.45) is 0.943. The molecule has 0 aromatic carbocycles. The molecule has 0 amide bonds. The van der Waals surface area contributed by atoms with Gasteiger partial charge in [-0.05, 0) is 13.3 Å². The van der Waals surface area contributed by atoms with E-state index in [1.165, 1.54) is 10.6 Å². The van der Waals surface area contributed by atoms with E-state index in [1.807, 2.05) is 4.90 Å². The minimum atomic E-state index is -0.144. The van der Waals surface area contributed by atoms with Crippen molar-refractivity contribution in [2.45, 2.75) is 19.4 Å². The van der Waals surface area contributed by atoms with Crippen LogP contribution < -0.4 is 16.2 Å². The van der Waals surface area contributed by atoms with Crippen LogP contribution in [-0.4, -0.2) is 38.7 Å². The third kappa shape index (κ3) is 1.68. The molecular formula is C10H14N6O. The van der Waals surface area contributed by atoms with Crippen LogP contribution in [0.4, 0.5) is 5.95 Å². The number of hydrogen-bond acceptors (Lipinski definition) is 5. The van der Waals surface area contributed by atoms with Crippen molar-refractivity contribution in [2.24, 2.45) is 5.73 Å². The molecule has 3 heterocycles. The van der Waals surface area contributed by atoms with Gasteiger partial charge in [0.2, 0.25) is 5.95 Å². The van der Waals surface area contributed by atoms with E-state index >= 15 is 0 Å². The number of hydrogen-bond donors (Lipinski definition) is 2. The van der Waals surface area contributed by atoms with Crippen molar-refractivity contribution in [1.29, 1.82) is 0 Å². The van der Waals surface area contributed by atoms with Crippen LogP contribution in [0.1, 0.15) is 12.1 Å². The molecule has 1 aliphatic rings. The van der Waals surface area contributed by atoms with Gasteiger partial charge in [-0.3, -0.25) is 9.89 Å². The quantitative estimate of drug-likeness (QED) is 0.678. The number of H-pyrrole nitrogens is 1. The molecule has 1 aliphatic heterocycles. The summed E-state index contributed by atoms with van der Waals surface area (Å²) < 4.78 is 1.35. The molecule has 1 fully saturated rings. The maximum Gasteiger partial charge on any atom is 0.274 e. The monoisotopic (exact) mass is 234 g/mol. The van der Waals surface area contributed by atoms with E-state index in [9.17, 15) is 4.79 Å². The Morgan fingerprint density at radius 1 is 1.53 bits per heavy atom. The van der Waals surface area contributed by atoms with E-state index in [-0.39, 0.29) is 11.6 Å². The Labute approximate surface area is 97.3 Å². The van der Waals surface area contributed by atoms with Gasteiger partial charge in [-0.1, -0.05) is 0 Å². The van der Waals surface area contributed by atoms with Crippen molar-refractivity contribution >= 4 is 11.7 Å². The average molecular weight is 234 g/mol. The molecule has 90 valence electrons. The summed E-state index contributed by atoms with van der Waals surface area (Å²) in [4.78, 5) is 22.3. The smallest absolute Gasteiger partial charge is 0.274 e. The minimum absolute atomic E-state index is 0.144. The third-order valence-electron chi connectivity index (χ3n) is 2.97. The number of aromatic nitrogens is 4. The highest BCUT2D eigenvalue weighted by Gasteiger charge is 2.22. The Balaban J connectivity index is 2.08. The first-order valence-electron chi connectivity index (χ1n) is 5.60. The lowest BCUT2D eigenvalue weighted by atomic mass is 10.3. The fraction of sp³-hybridized carbons (Fsp3) is 0.500. The summed E-state index contributed by atoms with van der Waals surface area (Å²) in [5, 5.41) is 2.95. The molecule has 17 heavy (non-hydrogen) atoms. The van der Waals surface area contributed by atoms with Gasteiger partial charge in [0.1, 0.15) is 0 Å². The number of aryl methyl sites for hydroxylation is 1. The minimum Gasteiger partial charge on any atom is -0.340 e. The van der Waals surface area contributed by atoms with Crippen LogP contribution in [0, 0.1) is 6.92 Å². The SMILES string of the molecule is Cc1cc(=O)n2[nH]c(N3CC[C@@H](N)C3)nc2n1. The van der Waals surface area contributed by atoms with Crippen molar-refractivity contribution in [1.82, 2.24) is 19.6 Å². The van der Waals surface area contributed by atoms with Gasteiger partial charge in [-0.15, -0.1) is 0 Å². The lowest BCUT2D eigenvalue weighted by Gasteiger charge is -2.12. The van der Waals surface area contributed by atoms with Gasteiger partial charge in [-0.25, -0.2) is 4.98 Å². The molecule has 2 aromatic rings. The fourth-order valence-corrected chi connectivity index (χ4v) is 2.10. The normalized spacial score (nSPS) is 20.4. The molecule has 2 aromatic heterocycles. The first-order chi connectivity index (χ1) is 8.13. The molecular weight excluding hydrogens is 220 g/mol. The number of anilines is 1. The highest BCUT2D eigenvalue weighted by Crippen LogP contribution is 2.15. The Morgan fingerprint density at radius 2 is 2.35 bits per heavy atom. The molecule has 7 heteroatoms. The molecule has 0 unspecified atom stereocenters. The third-order valence-corrected chi connectivity index (χ3v) is 2.97. The maximum atomic E-state index is 11.7. The lowest BCUT2D eigenvalue weighted by molar-refractivity contribution is 0.749. The first kappa shape index (κ1) is 10.3. The second-order valence-electron chi connectivity index (χ2n) is 4.41. The van der Waals surface area contributed by atoms with E-state index in [0.29, 0.717) is 17.4 Å². The van der Waals surface area contributed by atoms with Gasteiger partial charge in [0.25, 0.3) is 11.3 Å². The van der Waals surface area contributed by atoms with E-state index < -0.39 is 0 Å². The maximum absolute atomic E-state index is 11.7. The topological polar surface area (TPSA) is 92.3 Å². The van der Waals surface area contributed by atoms with Crippen LogP contribution in [0.3, 0.4) is 0 Å². The van der Waals surface area contributed by atoms with Gasteiger partial charge >= 0.3 is 0 Å². The van der Waals surface area contributed by atoms with Gasteiger partial charge in [0.05, 0.1) is 0 Å². The molecule has 0 bridgehead atoms. The zero-order chi connectivity index (χ0) is 12.0. The molecule has 3 rings (SSSR count). The lowest BCUT2D eigenvalue weighted by Crippen LogP contribution is -2.27. The summed E-state index contributed by atoms with van der Waals surface area (Å²) in [7, 11) is 0. The average Bonchev–Trinajstić information content (AvgIpc) is 2.83.